The third kappa shape index (κ3) is 2.84. The third-order valence-corrected chi connectivity index (χ3v) is 6.46. The lowest BCUT2D eigenvalue weighted by atomic mass is 9.95. The van der Waals surface area contributed by atoms with Gasteiger partial charge in [0.25, 0.3) is 0 Å². The van der Waals surface area contributed by atoms with Gasteiger partial charge in [-0.2, -0.15) is 0 Å². The number of hydrogen-bond donors (Lipinski definition) is 2. The van der Waals surface area contributed by atoms with E-state index in [-0.39, 0.29) is 10.9 Å². The molecule has 2 aromatic rings. The van der Waals surface area contributed by atoms with E-state index < -0.39 is 10.0 Å². The van der Waals surface area contributed by atoms with Gasteiger partial charge in [-0.3, -0.25) is 0 Å². The number of hydrogen-bond acceptors (Lipinski definition) is 4. The Morgan fingerprint density at radius 1 is 1.33 bits per heavy atom. The summed E-state index contributed by atoms with van der Waals surface area (Å²) in [5, 5.41) is 2.03. The number of sulfonamides is 1. The van der Waals surface area contributed by atoms with E-state index >= 15 is 0 Å². The van der Waals surface area contributed by atoms with Crippen molar-refractivity contribution in [1.29, 1.82) is 0 Å². The molecule has 1 aromatic carbocycles. The Morgan fingerprint density at radius 3 is 2.95 bits per heavy atom. The molecular weight excluding hydrogens is 304 g/mol. The largest absolute Gasteiger partial charge is 0.399 e. The van der Waals surface area contributed by atoms with Crippen LogP contribution in [0.25, 0.3) is 0 Å². The van der Waals surface area contributed by atoms with Crippen molar-refractivity contribution in [3.8, 4) is 0 Å². The lowest BCUT2D eigenvalue weighted by Crippen LogP contribution is -2.31. The minimum atomic E-state index is -3.56. The van der Waals surface area contributed by atoms with Gasteiger partial charge in [0.1, 0.15) is 0 Å². The van der Waals surface area contributed by atoms with E-state index in [1.54, 1.807) is 30.4 Å². The first kappa shape index (κ1) is 14.6. The smallest absolute Gasteiger partial charge is 0.241 e. The van der Waals surface area contributed by atoms with Gasteiger partial charge in [0.2, 0.25) is 10.0 Å². The van der Waals surface area contributed by atoms with Gasteiger partial charge >= 0.3 is 0 Å². The molecule has 112 valence electrons. The van der Waals surface area contributed by atoms with E-state index in [1.165, 1.54) is 10.9 Å². The average Bonchev–Trinajstić information content (AvgIpc) is 2.90. The molecule has 3 rings (SSSR count). The second kappa shape index (κ2) is 5.44. The number of nitrogens with two attached hydrogens (primary N) is 1. The molecule has 3 N–H and O–H groups in total. The molecule has 0 radical (unpaired) electrons. The quantitative estimate of drug-likeness (QED) is 0.853. The molecule has 1 atom stereocenters. The fraction of sp³-hybridized carbons (Fsp3) is 0.333. The van der Waals surface area contributed by atoms with Crippen LogP contribution in [0.3, 0.4) is 0 Å². The van der Waals surface area contributed by atoms with Crippen LogP contribution in [-0.2, 0) is 16.4 Å². The second-order valence-corrected chi connectivity index (χ2v) is 8.07. The number of nitrogen functional groups attached to an aromatic ring is 1. The Bertz CT molecular complexity index is 766. The SMILES string of the molecule is Cc1ccc(N)cc1S(=O)(=O)NC1CCCc2sccc21. The first-order valence-corrected chi connectivity index (χ1v) is 9.28. The van der Waals surface area contributed by atoms with Crippen LogP contribution >= 0.6 is 11.3 Å². The third-order valence-electron chi connectivity index (χ3n) is 3.85. The number of thiophene rings is 1. The zero-order chi connectivity index (χ0) is 15.0. The molecule has 0 bridgehead atoms. The highest BCUT2D eigenvalue weighted by Gasteiger charge is 2.27. The van der Waals surface area contributed by atoms with Gasteiger partial charge in [0, 0.05) is 16.6 Å². The number of aryl methyl sites for hydroxylation is 2. The van der Waals surface area contributed by atoms with Gasteiger partial charge < -0.3 is 5.73 Å². The monoisotopic (exact) mass is 322 g/mol. The summed E-state index contributed by atoms with van der Waals surface area (Å²) in [7, 11) is -3.56. The van der Waals surface area contributed by atoms with Gasteiger partial charge in [-0.15, -0.1) is 11.3 Å². The fourth-order valence-corrected chi connectivity index (χ4v) is 5.28. The van der Waals surface area contributed by atoms with Gasteiger partial charge in [0.05, 0.1) is 4.90 Å². The van der Waals surface area contributed by atoms with Crippen molar-refractivity contribution in [2.24, 2.45) is 0 Å². The summed E-state index contributed by atoms with van der Waals surface area (Å²) in [6, 6.07) is 6.87. The van der Waals surface area contributed by atoms with Crippen LogP contribution in [0.1, 0.15) is 34.9 Å². The zero-order valence-corrected chi connectivity index (χ0v) is 13.4. The van der Waals surface area contributed by atoms with Crippen molar-refractivity contribution in [2.75, 3.05) is 5.73 Å². The number of fused-ring (bicyclic) bond motifs is 1. The highest BCUT2D eigenvalue weighted by atomic mass is 32.2. The van der Waals surface area contributed by atoms with Crippen LogP contribution in [0.2, 0.25) is 0 Å². The molecule has 0 spiro atoms. The minimum Gasteiger partial charge on any atom is -0.399 e. The van der Waals surface area contributed by atoms with Gasteiger partial charge in [-0.1, -0.05) is 6.07 Å². The summed E-state index contributed by atoms with van der Waals surface area (Å²) in [5.74, 6) is 0. The molecule has 1 aliphatic carbocycles. The Balaban J connectivity index is 1.93. The summed E-state index contributed by atoms with van der Waals surface area (Å²) in [4.78, 5) is 1.56. The van der Waals surface area contributed by atoms with Crippen molar-refractivity contribution in [3.63, 3.8) is 0 Å². The molecule has 0 amide bonds. The molecule has 1 unspecified atom stereocenters. The van der Waals surface area contributed by atoms with Crippen LogP contribution in [0.4, 0.5) is 5.69 Å². The normalized spacial score (nSPS) is 18.4. The van der Waals surface area contributed by atoms with Crippen molar-refractivity contribution < 1.29 is 8.42 Å². The molecule has 0 saturated carbocycles. The Morgan fingerprint density at radius 2 is 2.14 bits per heavy atom. The van der Waals surface area contributed by atoms with Crippen molar-refractivity contribution >= 4 is 27.0 Å². The summed E-state index contributed by atoms with van der Waals surface area (Å²) in [5.41, 5.74) is 8.01. The molecule has 6 heteroatoms. The number of rotatable bonds is 3. The molecule has 0 aliphatic heterocycles. The van der Waals surface area contributed by atoms with Crippen LogP contribution in [-0.4, -0.2) is 8.42 Å². The maximum Gasteiger partial charge on any atom is 0.241 e. The van der Waals surface area contributed by atoms with E-state index in [0.717, 1.165) is 24.8 Å². The zero-order valence-electron chi connectivity index (χ0n) is 11.8. The van der Waals surface area contributed by atoms with Gasteiger partial charge in [-0.05, 0) is 60.9 Å². The highest BCUT2D eigenvalue weighted by molar-refractivity contribution is 7.89. The maximum atomic E-state index is 12.6. The van der Waals surface area contributed by atoms with E-state index in [2.05, 4.69) is 4.72 Å². The summed E-state index contributed by atoms with van der Waals surface area (Å²) < 4.78 is 28.1. The first-order valence-electron chi connectivity index (χ1n) is 6.92. The van der Waals surface area contributed by atoms with Crippen molar-refractivity contribution in [3.05, 3.63) is 45.6 Å². The highest BCUT2D eigenvalue weighted by Crippen LogP contribution is 2.34. The lowest BCUT2D eigenvalue weighted by molar-refractivity contribution is 0.511. The van der Waals surface area contributed by atoms with Gasteiger partial charge in [0.15, 0.2) is 0 Å². The number of nitrogens with one attached hydrogen (secondary N) is 1. The topological polar surface area (TPSA) is 72.2 Å². The predicted molar refractivity (Wildman–Crippen MR) is 85.9 cm³/mol. The van der Waals surface area contributed by atoms with Crippen LogP contribution in [0, 0.1) is 6.92 Å². The second-order valence-electron chi connectivity index (χ2n) is 5.39. The first-order chi connectivity index (χ1) is 9.97. The molecule has 1 heterocycles. The molecule has 1 aliphatic rings. The molecule has 4 nitrogen and oxygen atoms in total. The van der Waals surface area contributed by atoms with E-state index in [0.29, 0.717) is 11.3 Å². The predicted octanol–water partition coefficient (Wildman–Crippen LogP) is 2.99. The maximum absolute atomic E-state index is 12.6. The van der Waals surface area contributed by atoms with E-state index in [1.807, 2.05) is 11.4 Å². The van der Waals surface area contributed by atoms with E-state index in [9.17, 15) is 8.42 Å². The number of benzene rings is 1. The molecule has 21 heavy (non-hydrogen) atoms. The summed E-state index contributed by atoms with van der Waals surface area (Å²) in [6.07, 6.45) is 2.89. The minimum absolute atomic E-state index is 0.133. The summed E-state index contributed by atoms with van der Waals surface area (Å²) in [6.45, 7) is 1.78. The lowest BCUT2D eigenvalue weighted by Gasteiger charge is -2.24. The summed E-state index contributed by atoms with van der Waals surface area (Å²) >= 11 is 1.70. The Labute approximate surface area is 129 Å². The molecule has 0 saturated heterocycles. The molecule has 1 aromatic heterocycles. The van der Waals surface area contributed by atoms with E-state index in [4.69, 9.17) is 5.73 Å². The van der Waals surface area contributed by atoms with Crippen LogP contribution < -0.4 is 10.5 Å². The molecule has 0 fully saturated rings. The fourth-order valence-electron chi connectivity index (χ4n) is 2.77. The standard InChI is InChI=1S/C15H18N2O2S2/c1-10-5-6-11(16)9-15(10)21(18,19)17-13-3-2-4-14-12(13)7-8-20-14/h5-9,13,17H,2-4,16H2,1H3. The Kier molecular flexibility index (Phi) is 3.77. The van der Waals surface area contributed by atoms with Crippen molar-refractivity contribution in [1.82, 2.24) is 4.72 Å². The van der Waals surface area contributed by atoms with Crippen LogP contribution in [0.15, 0.2) is 34.5 Å². The van der Waals surface area contributed by atoms with Crippen LogP contribution in [0.5, 0.6) is 0 Å². The van der Waals surface area contributed by atoms with Crippen molar-refractivity contribution in [2.45, 2.75) is 37.1 Å². The molecular formula is C15H18N2O2S2. The Hall–Kier alpha value is -1.37. The number of anilines is 1. The average molecular weight is 322 g/mol. The van der Waals surface area contributed by atoms with Gasteiger partial charge in [-0.25, -0.2) is 13.1 Å².